The van der Waals surface area contributed by atoms with Crippen LogP contribution in [-0.2, 0) is 5.54 Å². The van der Waals surface area contributed by atoms with Crippen molar-refractivity contribution in [2.75, 3.05) is 27.2 Å². The fourth-order valence-corrected chi connectivity index (χ4v) is 3.00. The van der Waals surface area contributed by atoms with Crippen molar-refractivity contribution >= 4 is 5.91 Å². The second kappa shape index (κ2) is 7.46. The predicted molar refractivity (Wildman–Crippen MR) is 100 cm³/mol. The van der Waals surface area contributed by atoms with E-state index >= 15 is 0 Å². The highest BCUT2D eigenvalue weighted by Crippen LogP contribution is 2.46. The molecule has 1 aliphatic carbocycles. The smallest absolute Gasteiger partial charge is 0.252 e. The highest BCUT2D eigenvalue weighted by Gasteiger charge is 2.47. The molecule has 3 rings (SSSR count). The predicted octanol–water partition coefficient (Wildman–Crippen LogP) is 3.49. The maximum atomic E-state index is 14.2. The minimum Gasteiger partial charge on any atom is -0.492 e. The van der Waals surface area contributed by atoms with Crippen LogP contribution in [-0.4, -0.2) is 38.1 Å². The van der Waals surface area contributed by atoms with Gasteiger partial charge in [0.05, 0.1) is 5.54 Å². The molecule has 0 saturated heterocycles. The molecule has 0 aliphatic heterocycles. The Morgan fingerprint density at radius 1 is 1.23 bits per heavy atom. The summed E-state index contributed by atoms with van der Waals surface area (Å²) >= 11 is 0. The average Bonchev–Trinajstić information content (AvgIpc) is 3.36. The van der Waals surface area contributed by atoms with E-state index in [1.54, 1.807) is 24.3 Å². The first kappa shape index (κ1) is 18.4. The number of benzene rings is 2. The third kappa shape index (κ3) is 4.05. The number of aryl methyl sites for hydroxylation is 1. The number of carbonyl (C=O) groups is 1. The van der Waals surface area contributed by atoms with E-state index in [2.05, 4.69) is 5.32 Å². The quantitative estimate of drug-likeness (QED) is 0.826. The summed E-state index contributed by atoms with van der Waals surface area (Å²) in [5.41, 5.74) is 1.41. The maximum Gasteiger partial charge on any atom is 0.252 e. The third-order valence-electron chi connectivity index (χ3n) is 4.75. The second-order valence-corrected chi connectivity index (χ2v) is 7.14. The van der Waals surface area contributed by atoms with Gasteiger partial charge in [-0.15, -0.1) is 0 Å². The Bertz CT molecular complexity index is 800. The van der Waals surface area contributed by atoms with Gasteiger partial charge >= 0.3 is 0 Å². The number of nitrogens with one attached hydrogen (secondary N) is 1. The summed E-state index contributed by atoms with van der Waals surface area (Å²) in [5.74, 6) is 0.197. The Kier molecular flexibility index (Phi) is 5.28. The van der Waals surface area contributed by atoms with Gasteiger partial charge in [0.2, 0.25) is 0 Å². The Morgan fingerprint density at radius 3 is 2.62 bits per heavy atom. The first-order valence-corrected chi connectivity index (χ1v) is 8.87. The standard InChI is InChI=1S/C21H25FN2O2/c1-15-8-9-16(26-13-12-24(2)3)14-17(15)20(25)23-21(10-11-21)18-6-4-5-7-19(18)22/h4-9,14H,10-13H2,1-3H3,(H,23,25). The van der Waals surface area contributed by atoms with Gasteiger partial charge < -0.3 is 15.0 Å². The van der Waals surface area contributed by atoms with E-state index in [-0.39, 0.29) is 11.7 Å². The van der Waals surface area contributed by atoms with E-state index in [1.807, 2.05) is 38.1 Å². The van der Waals surface area contributed by atoms with Crippen molar-refractivity contribution in [2.45, 2.75) is 25.3 Å². The molecule has 0 spiro atoms. The van der Waals surface area contributed by atoms with Crippen molar-refractivity contribution in [1.29, 1.82) is 0 Å². The summed E-state index contributed by atoms with van der Waals surface area (Å²) in [6.45, 7) is 3.24. The van der Waals surface area contributed by atoms with E-state index in [4.69, 9.17) is 4.74 Å². The van der Waals surface area contributed by atoms with E-state index < -0.39 is 5.54 Å². The van der Waals surface area contributed by atoms with Gasteiger partial charge in [-0.3, -0.25) is 4.79 Å². The highest BCUT2D eigenvalue weighted by atomic mass is 19.1. The molecule has 0 heterocycles. The van der Waals surface area contributed by atoms with Crippen molar-refractivity contribution < 1.29 is 13.9 Å². The number of hydrogen-bond acceptors (Lipinski definition) is 3. The molecule has 2 aromatic rings. The number of nitrogens with zero attached hydrogens (tertiary/aromatic N) is 1. The first-order valence-electron chi connectivity index (χ1n) is 8.87. The molecule has 0 unspecified atom stereocenters. The molecule has 5 heteroatoms. The molecule has 0 bridgehead atoms. The lowest BCUT2D eigenvalue weighted by Gasteiger charge is -2.20. The molecule has 1 aliphatic rings. The SMILES string of the molecule is Cc1ccc(OCCN(C)C)cc1C(=O)NC1(c2ccccc2F)CC1. The van der Waals surface area contributed by atoms with Gasteiger partial charge in [0, 0.05) is 17.7 Å². The van der Waals surface area contributed by atoms with Crippen molar-refractivity contribution in [2.24, 2.45) is 0 Å². The zero-order chi connectivity index (χ0) is 18.7. The minimum absolute atomic E-state index is 0.193. The summed E-state index contributed by atoms with van der Waals surface area (Å²) in [4.78, 5) is 14.9. The zero-order valence-electron chi connectivity index (χ0n) is 15.5. The summed E-state index contributed by atoms with van der Waals surface area (Å²) in [6.07, 6.45) is 1.50. The number of ether oxygens (including phenoxy) is 1. The molecule has 26 heavy (non-hydrogen) atoms. The van der Waals surface area contributed by atoms with Gasteiger partial charge in [0.1, 0.15) is 18.2 Å². The van der Waals surface area contributed by atoms with Gasteiger partial charge in [-0.1, -0.05) is 24.3 Å². The van der Waals surface area contributed by atoms with E-state index in [9.17, 15) is 9.18 Å². The molecule has 4 nitrogen and oxygen atoms in total. The Balaban J connectivity index is 1.74. The molecule has 0 aromatic heterocycles. The molecule has 2 aromatic carbocycles. The largest absolute Gasteiger partial charge is 0.492 e. The Morgan fingerprint density at radius 2 is 1.96 bits per heavy atom. The number of likely N-dealkylation sites (N-methyl/N-ethyl adjacent to an activating group) is 1. The second-order valence-electron chi connectivity index (χ2n) is 7.14. The first-order chi connectivity index (χ1) is 12.4. The summed E-state index contributed by atoms with van der Waals surface area (Å²) in [5, 5.41) is 3.04. The number of amides is 1. The molecule has 138 valence electrons. The lowest BCUT2D eigenvalue weighted by molar-refractivity contribution is 0.0929. The summed E-state index contributed by atoms with van der Waals surface area (Å²) in [6, 6.07) is 12.2. The van der Waals surface area contributed by atoms with Crippen molar-refractivity contribution in [3.8, 4) is 5.75 Å². The lowest BCUT2D eigenvalue weighted by atomic mass is 10.0. The monoisotopic (exact) mass is 356 g/mol. The van der Waals surface area contributed by atoms with Crippen LogP contribution in [0.2, 0.25) is 0 Å². The van der Waals surface area contributed by atoms with Crippen molar-refractivity contribution in [1.82, 2.24) is 10.2 Å². The van der Waals surface area contributed by atoms with Gasteiger partial charge in [0.25, 0.3) is 5.91 Å². The van der Waals surface area contributed by atoms with E-state index in [0.717, 1.165) is 24.9 Å². The molecule has 1 N–H and O–H groups in total. The summed E-state index contributed by atoms with van der Waals surface area (Å²) in [7, 11) is 3.96. The fourth-order valence-electron chi connectivity index (χ4n) is 3.00. The molecule has 0 atom stereocenters. The van der Waals surface area contributed by atoms with Crippen LogP contribution in [0.4, 0.5) is 4.39 Å². The van der Waals surface area contributed by atoms with Crippen molar-refractivity contribution in [3.63, 3.8) is 0 Å². The van der Waals surface area contributed by atoms with Crippen LogP contribution in [0.1, 0.15) is 34.3 Å². The highest BCUT2D eigenvalue weighted by molar-refractivity contribution is 5.96. The fraction of sp³-hybridized carbons (Fsp3) is 0.381. The lowest BCUT2D eigenvalue weighted by Crippen LogP contribution is -2.35. The topological polar surface area (TPSA) is 41.6 Å². The zero-order valence-corrected chi connectivity index (χ0v) is 15.5. The van der Waals surface area contributed by atoms with E-state index in [1.165, 1.54) is 6.07 Å². The Hall–Kier alpha value is -2.40. The van der Waals surface area contributed by atoms with Crippen LogP contribution in [0.15, 0.2) is 42.5 Å². The van der Waals surface area contributed by atoms with Crippen LogP contribution in [0, 0.1) is 12.7 Å². The van der Waals surface area contributed by atoms with Crippen LogP contribution in [0.25, 0.3) is 0 Å². The molecular weight excluding hydrogens is 331 g/mol. The maximum absolute atomic E-state index is 14.2. The normalized spacial score (nSPS) is 15.0. The van der Waals surface area contributed by atoms with Gasteiger partial charge in [-0.2, -0.15) is 0 Å². The summed E-state index contributed by atoms with van der Waals surface area (Å²) < 4.78 is 19.9. The number of hydrogen-bond donors (Lipinski definition) is 1. The molecular formula is C21H25FN2O2. The van der Waals surface area contributed by atoms with Crippen LogP contribution >= 0.6 is 0 Å². The van der Waals surface area contributed by atoms with Crippen LogP contribution in [0.3, 0.4) is 0 Å². The van der Waals surface area contributed by atoms with Gasteiger partial charge in [0.15, 0.2) is 0 Å². The average molecular weight is 356 g/mol. The number of carbonyl (C=O) groups excluding carboxylic acids is 1. The van der Waals surface area contributed by atoms with Gasteiger partial charge in [-0.25, -0.2) is 4.39 Å². The molecule has 0 radical (unpaired) electrons. The van der Waals surface area contributed by atoms with E-state index in [0.29, 0.717) is 23.5 Å². The number of rotatable bonds is 7. The van der Waals surface area contributed by atoms with Crippen molar-refractivity contribution in [3.05, 3.63) is 65.0 Å². The molecule has 1 saturated carbocycles. The third-order valence-corrected chi connectivity index (χ3v) is 4.75. The van der Waals surface area contributed by atoms with Gasteiger partial charge in [-0.05, 0) is 57.6 Å². The number of halogens is 1. The molecule has 1 fully saturated rings. The Labute approximate surface area is 154 Å². The van der Waals surface area contributed by atoms with Crippen LogP contribution < -0.4 is 10.1 Å². The minimum atomic E-state index is -0.587. The molecule has 1 amide bonds. The van der Waals surface area contributed by atoms with Crippen LogP contribution in [0.5, 0.6) is 5.75 Å².